The van der Waals surface area contributed by atoms with E-state index >= 15 is 0 Å². The number of nitrogens with zero attached hydrogens (tertiary/aromatic N) is 1. The fourth-order valence-corrected chi connectivity index (χ4v) is 3.18. The molecule has 1 aromatic carbocycles. The van der Waals surface area contributed by atoms with Crippen molar-refractivity contribution in [1.82, 2.24) is 0 Å². The van der Waals surface area contributed by atoms with Crippen molar-refractivity contribution in [3.63, 3.8) is 0 Å². The molecule has 2 amide bonds. The van der Waals surface area contributed by atoms with Gasteiger partial charge in [0.05, 0.1) is 5.69 Å². The minimum absolute atomic E-state index is 0.0905. The van der Waals surface area contributed by atoms with E-state index in [9.17, 15) is 9.59 Å². The number of benzene rings is 1. The second kappa shape index (κ2) is 4.84. The molecule has 0 spiro atoms. The first-order valence-electron chi connectivity index (χ1n) is 6.02. The summed E-state index contributed by atoms with van der Waals surface area (Å²) in [6, 6.07) is 3.86. The normalized spacial score (nSPS) is 17.4. The van der Waals surface area contributed by atoms with E-state index in [2.05, 4.69) is 15.9 Å². The van der Waals surface area contributed by atoms with E-state index in [1.54, 1.807) is 0 Å². The van der Waals surface area contributed by atoms with E-state index in [1.807, 2.05) is 32.9 Å². The van der Waals surface area contributed by atoms with Crippen LogP contribution in [0.3, 0.4) is 0 Å². The summed E-state index contributed by atoms with van der Waals surface area (Å²) in [7, 11) is 0. The third-order valence-electron chi connectivity index (χ3n) is 3.22. The van der Waals surface area contributed by atoms with Gasteiger partial charge < -0.3 is 0 Å². The van der Waals surface area contributed by atoms with E-state index in [-0.39, 0.29) is 17.7 Å². The predicted octanol–water partition coefficient (Wildman–Crippen LogP) is 3.36. The average Bonchev–Trinajstić information content (AvgIpc) is 2.20. The van der Waals surface area contributed by atoms with Crippen LogP contribution in [0.4, 0.5) is 5.69 Å². The first-order chi connectivity index (χ1) is 8.40. The van der Waals surface area contributed by atoms with Gasteiger partial charge in [0.15, 0.2) is 0 Å². The minimum atomic E-state index is -0.0905. The molecule has 1 aromatic rings. The number of amides is 2. The number of hydrogen-bond acceptors (Lipinski definition) is 2. The van der Waals surface area contributed by atoms with Gasteiger partial charge in [-0.25, -0.2) is 0 Å². The van der Waals surface area contributed by atoms with Crippen molar-refractivity contribution in [3.05, 3.63) is 27.7 Å². The van der Waals surface area contributed by atoms with Crippen LogP contribution in [0.1, 0.15) is 30.9 Å². The van der Waals surface area contributed by atoms with Gasteiger partial charge in [-0.15, -0.1) is 0 Å². The molecule has 1 heterocycles. The Morgan fingerprint density at radius 3 is 2.00 bits per heavy atom. The highest BCUT2D eigenvalue weighted by Gasteiger charge is 2.33. The number of imide groups is 1. The predicted molar refractivity (Wildman–Crippen MR) is 74.5 cm³/mol. The summed E-state index contributed by atoms with van der Waals surface area (Å²) in [5.41, 5.74) is 2.64. The maximum atomic E-state index is 12.1. The van der Waals surface area contributed by atoms with Crippen molar-refractivity contribution in [2.24, 2.45) is 5.92 Å². The van der Waals surface area contributed by atoms with Crippen LogP contribution in [0.2, 0.25) is 0 Å². The lowest BCUT2D eigenvalue weighted by atomic mass is 9.96. The molecule has 4 heteroatoms. The zero-order valence-electron chi connectivity index (χ0n) is 10.8. The van der Waals surface area contributed by atoms with E-state index < -0.39 is 0 Å². The average molecular weight is 310 g/mol. The number of rotatable bonds is 1. The fraction of sp³-hybridized carbons (Fsp3) is 0.429. The number of hydrogen-bond donors (Lipinski definition) is 0. The first kappa shape index (κ1) is 13.3. The van der Waals surface area contributed by atoms with Gasteiger partial charge in [-0.1, -0.05) is 22.9 Å². The van der Waals surface area contributed by atoms with Gasteiger partial charge in [0.25, 0.3) is 0 Å². The van der Waals surface area contributed by atoms with E-state index in [1.165, 1.54) is 4.90 Å². The molecule has 0 radical (unpaired) electrons. The van der Waals surface area contributed by atoms with Crippen molar-refractivity contribution in [3.8, 4) is 0 Å². The number of aryl methyl sites for hydroxylation is 2. The van der Waals surface area contributed by atoms with Gasteiger partial charge in [0, 0.05) is 17.3 Å². The summed E-state index contributed by atoms with van der Waals surface area (Å²) in [5.74, 6) is -0.0307. The van der Waals surface area contributed by atoms with E-state index in [0.29, 0.717) is 12.8 Å². The summed E-state index contributed by atoms with van der Waals surface area (Å²) in [4.78, 5) is 25.6. The lowest BCUT2D eigenvalue weighted by molar-refractivity contribution is -0.130. The standard InChI is InChI=1S/C14H16BrNO2/c1-8-4-12(17)16(13(18)5-8)14-9(2)6-11(15)7-10(14)3/h6-8H,4-5H2,1-3H3. The van der Waals surface area contributed by atoms with Crippen LogP contribution in [0.5, 0.6) is 0 Å². The highest BCUT2D eigenvalue weighted by Crippen LogP contribution is 2.32. The van der Waals surface area contributed by atoms with Crippen LogP contribution in [0.25, 0.3) is 0 Å². The molecule has 1 fully saturated rings. The number of halogens is 1. The summed E-state index contributed by atoms with van der Waals surface area (Å²) in [6.07, 6.45) is 0.890. The molecular weight excluding hydrogens is 294 g/mol. The summed E-state index contributed by atoms with van der Waals surface area (Å²) < 4.78 is 0.964. The van der Waals surface area contributed by atoms with Gasteiger partial charge in [0.2, 0.25) is 11.8 Å². The first-order valence-corrected chi connectivity index (χ1v) is 6.82. The lowest BCUT2D eigenvalue weighted by Crippen LogP contribution is -2.43. The number of anilines is 1. The van der Waals surface area contributed by atoms with Gasteiger partial charge in [-0.2, -0.15) is 0 Å². The van der Waals surface area contributed by atoms with Crippen molar-refractivity contribution in [1.29, 1.82) is 0 Å². The lowest BCUT2D eigenvalue weighted by Gasteiger charge is -2.30. The molecule has 0 atom stereocenters. The van der Waals surface area contributed by atoms with Crippen molar-refractivity contribution >= 4 is 33.4 Å². The molecule has 2 rings (SSSR count). The molecule has 0 aromatic heterocycles. The Labute approximate surface area is 115 Å². The molecule has 1 aliphatic rings. The molecule has 1 saturated heterocycles. The van der Waals surface area contributed by atoms with Crippen LogP contribution in [0.15, 0.2) is 16.6 Å². The van der Waals surface area contributed by atoms with Gasteiger partial charge in [0.1, 0.15) is 0 Å². The number of carbonyl (C=O) groups excluding carboxylic acids is 2. The van der Waals surface area contributed by atoms with Crippen LogP contribution in [-0.2, 0) is 9.59 Å². The Morgan fingerprint density at radius 2 is 1.56 bits per heavy atom. The Balaban J connectivity index is 2.48. The molecule has 1 aliphatic heterocycles. The highest BCUT2D eigenvalue weighted by molar-refractivity contribution is 9.10. The molecule has 0 unspecified atom stereocenters. The summed E-state index contributed by atoms with van der Waals surface area (Å²) >= 11 is 3.42. The van der Waals surface area contributed by atoms with Gasteiger partial charge >= 0.3 is 0 Å². The van der Waals surface area contributed by atoms with Crippen LogP contribution >= 0.6 is 15.9 Å². The van der Waals surface area contributed by atoms with E-state index in [0.717, 1.165) is 21.3 Å². The third-order valence-corrected chi connectivity index (χ3v) is 3.68. The van der Waals surface area contributed by atoms with Crippen LogP contribution < -0.4 is 4.90 Å². The molecule has 0 bridgehead atoms. The van der Waals surface area contributed by atoms with Gasteiger partial charge in [-0.05, 0) is 43.0 Å². The molecule has 18 heavy (non-hydrogen) atoms. The molecular formula is C14H16BrNO2. The van der Waals surface area contributed by atoms with Crippen molar-refractivity contribution < 1.29 is 9.59 Å². The monoisotopic (exact) mass is 309 g/mol. The second-order valence-electron chi connectivity index (χ2n) is 5.02. The SMILES string of the molecule is Cc1cc(Br)cc(C)c1N1C(=O)CC(C)CC1=O. The van der Waals surface area contributed by atoms with Crippen LogP contribution in [0, 0.1) is 19.8 Å². The smallest absolute Gasteiger partial charge is 0.234 e. The van der Waals surface area contributed by atoms with E-state index in [4.69, 9.17) is 0 Å². The Bertz CT molecular complexity index is 484. The highest BCUT2D eigenvalue weighted by atomic mass is 79.9. The Morgan fingerprint density at radius 1 is 1.11 bits per heavy atom. The summed E-state index contributed by atoms with van der Waals surface area (Å²) in [6.45, 7) is 5.78. The zero-order chi connectivity index (χ0) is 13.4. The van der Waals surface area contributed by atoms with Crippen LogP contribution in [-0.4, -0.2) is 11.8 Å². The quantitative estimate of drug-likeness (QED) is 0.746. The minimum Gasteiger partial charge on any atom is -0.274 e. The third kappa shape index (κ3) is 2.34. The molecule has 0 saturated carbocycles. The largest absolute Gasteiger partial charge is 0.274 e. The molecule has 0 N–H and O–H groups in total. The number of piperidine rings is 1. The number of carbonyl (C=O) groups is 2. The topological polar surface area (TPSA) is 37.4 Å². The molecule has 0 aliphatic carbocycles. The molecule has 3 nitrogen and oxygen atoms in total. The van der Waals surface area contributed by atoms with Crippen molar-refractivity contribution in [2.75, 3.05) is 4.90 Å². The maximum Gasteiger partial charge on any atom is 0.234 e. The zero-order valence-corrected chi connectivity index (χ0v) is 12.4. The second-order valence-corrected chi connectivity index (χ2v) is 5.94. The molecule has 96 valence electrons. The fourth-order valence-electron chi connectivity index (χ4n) is 2.50. The summed E-state index contributed by atoms with van der Waals surface area (Å²) in [5, 5.41) is 0. The maximum absolute atomic E-state index is 12.1. The Hall–Kier alpha value is -1.16. The van der Waals surface area contributed by atoms with Gasteiger partial charge in [-0.3, -0.25) is 14.5 Å². The Kier molecular flexibility index (Phi) is 3.57. The van der Waals surface area contributed by atoms with Crippen molar-refractivity contribution in [2.45, 2.75) is 33.6 Å².